The average Bonchev–Trinajstić information content (AvgIpc) is 2.11. The lowest BCUT2D eigenvalue weighted by Gasteiger charge is -2.15. The molecule has 0 atom stereocenters. The van der Waals surface area contributed by atoms with Crippen LogP contribution in [-0.2, 0) is 4.74 Å². The summed E-state index contributed by atoms with van der Waals surface area (Å²) in [6.45, 7) is 10.4. The highest BCUT2D eigenvalue weighted by molar-refractivity contribution is 5.74. The Hall–Kier alpha value is -0.790. The summed E-state index contributed by atoms with van der Waals surface area (Å²) in [5, 5.41) is 0. The predicted molar refractivity (Wildman–Crippen MR) is 57.9 cm³/mol. The van der Waals surface area contributed by atoms with Gasteiger partial charge in [0.2, 0.25) is 0 Å². The number of allylic oxidation sites excluding steroid dienone is 2. The molecule has 2 nitrogen and oxygen atoms in total. The van der Waals surface area contributed by atoms with Crippen molar-refractivity contribution < 1.29 is 4.74 Å². The first kappa shape index (κ1) is 12.2. The van der Waals surface area contributed by atoms with Gasteiger partial charge in [-0.3, -0.25) is 4.99 Å². The van der Waals surface area contributed by atoms with Gasteiger partial charge in [-0.25, -0.2) is 0 Å². The summed E-state index contributed by atoms with van der Waals surface area (Å²) in [6.07, 6.45) is 1.03. The maximum Gasteiger partial charge on any atom is 0.186 e. The molecule has 0 aromatic carbocycles. The van der Waals surface area contributed by atoms with Crippen molar-refractivity contribution in [1.29, 1.82) is 0 Å². The van der Waals surface area contributed by atoms with Gasteiger partial charge in [-0.2, -0.15) is 0 Å². The SMILES string of the molecule is CC/C(C)=C(\OC(C)=NC)C(C)C. The van der Waals surface area contributed by atoms with E-state index in [4.69, 9.17) is 4.74 Å². The topological polar surface area (TPSA) is 21.6 Å². The van der Waals surface area contributed by atoms with E-state index >= 15 is 0 Å². The van der Waals surface area contributed by atoms with Crippen molar-refractivity contribution in [2.45, 2.75) is 41.0 Å². The molecule has 0 bridgehead atoms. The van der Waals surface area contributed by atoms with E-state index in [9.17, 15) is 0 Å². The van der Waals surface area contributed by atoms with E-state index in [1.165, 1.54) is 5.57 Å². The fraction of sp³-hybridized carbons (Fsp3) is 0.727. The van der Waals surface area contributed by atoms with E-state index in [-0.39, 0.29) is 0 Å². The van der Waals surface area contributed by atoms with Crippen molar-refractivity contribution in [3.8, 4) is 0 Å². The zero-order valence-corrected chi connectivity index (χ0v) is 9.64. The number of nitrogens with zero attached hydrogens (tertiary/aromatic N) is 1. The summed E-state index contributed by atoms with van der Waals surface area (Å²) in [5.41, 5.74) is 1.30. The first-order valence-electron chi connectivity index (χ1n) is 4.83. The molecule has 0 spiro atoms. The molecule has 76 valence electrons. The van der Waals surface area contributed by atoms with Gasteiger partial charge < -0.3 is 4.74 Å². The normalized spacial score (nSPS) is 14.5. The van der Waals surface area contributed by atoms with Gasteiger partial charge in [-0.1, -0.05) is 20.8 Å². The molecule has 0 fully saturated rings. The number of hydrogen-bond donors (Lipinski definition) is 0. The molecule has 0 radical (unpaired) electrons. The monoisotopic (exact) mass is 183 g/mol. The third-order valence-corrected chi connectivity index (χ3v) is 2.05. The zero-order chi connectivity index (χ0) is 10.4. The molecule has 0 aliphatic rings. The number of hydrogen-bond acceptors (Lipinski definition) is 2. The molecule has 0 aliphatic heterocycles. The molecule has 0 saturated carbocycles. The van der Waals surface area contributed by atoms with Gasteiger partial charge in [0.05, 0.1) is 0 Å². The second-order valence-electron chi connectivity index (χ2n) is 3.50. The molecule has 0 amide bonds. The Kier molecular flexibility index (Phi) is 5.44. The van der Waals surface area contributed by atoms with Gasteiger partial charge in [0.15, 0.2) is 5.90 Å². The predicted octanol–water partition coefficient (Wildman–Crippen LogP) is 3.39. The number of ether oxygens (including phenoxy) is 1. The van der Waals surface area contributed by atoms with E-state index in [2.05, 4.69) is 32.7 Å². The first-order chi connectivity index (χ1) is 6.02. The van der Waals surface area contributed by atoms with Crippen LogP contribution in [0.5, 0.6) is 0 Å². The summed E-state index contributed by atoms with van der Waals surface area (Å²) in [7, 11) is 1.74. The van der Waals surface area contributed by atoms with Crippen LogP contribution in [0.15, 0.2) is 16.3 Å². The van der Waals surface area contributed by atoms with Crippen molar-refractivity contribution in [2.24, 2.45) is 10.9 Å². The van der Waals surface area contributed by atoms with Crippen molar-refractivity contribution in [3.63, 3.8) is 0 Å². The van der Waals surface area contributed by atoms with Crippen molar-refractivity contribution >= 4 is 5.90 Å². The number of rotatable bonds is 3. The third kappa shape index (κ3) is 4.11. The van der Waals surface area contributed by atoms with Crippen LogP contribution in [0.2, 0.25) is 0 Å². The second-order valence-corrected chi connectivity index (χ2v) is 3.50. The van der Waals surface area contributed by atoms with E-state index in [1.807, 2.05) is 6.92 Å². The van der Waals surface area contributed by atoms with Crippen molar-refractivity contribution in [1.82, 2.24) is 0 Å². The van der Waals surface area contributed by atoms with Crippen LogP contribution < -0.4 is 0 Å². The molecule has 0 rings (SSSR count). The van der Waals surface area contributed by atoms with Crippen LogP contribution in [-0.4, -0.2) is 12.9 Å². The summed E-state index contributed by atoms with van der Waals surface area (Å²) in [6, 6.07) is 0. The smallest absolute Gasteiger partial charge is 0.186 e. The molecule has 13 heavy (non-hydrogen) atoms. The molecule has 0 saturated heterocycles. The minimum Gasteiger partial charge on any atom is -0.448 e. The highest BCUT2D eigenvalue weighted by Crippen LogP contribution is 2.18. The Labute approximate surface area is 81.7 Å². The molecule has 0 heterocycles. The van der Waals surface area contributed by atoms with E-state index in [0.717, 1.165) is 18.1 Å². The van der Waals surface area contributed by atoms with Crippen LogP contribution >= 0.6 is 0 Å². The van der Waals surface area contributed by atoms with Crippen LogP contribution in [0.1, 0.15) is 41.0 Å². The van der Waals surface area contributed by atoms with E-state index in [0.29, 0.717) is 5.92 Å². The summed E-state index contributed by atoms with van der Waals surface area (Å²) in [5.74, 6) is 2.22. The lowest BCUT2D eigenvalue weighted by Crippen LogP contribution is -2.07. The molecular formula is C11H21NO. The highest BCUT2D eigenvalue weighted by atomic mass is 16.5. The van der Waals surface area contributed by atoms with Gasteiger partial charge in [0.25, 0.3) is 0 Å². The molecular weight excluding hydrogens is 162 g/mol. The maximum absolute atomic E-state index is 5.64. The molecule has 0 unspecified atom stereocenters. The van der Waals surface area contributed by atoms with Crippen molar-refractivity contribution in [3.05, 3.63) is 11.3 Å². The summed E-state index contributed by atoms with van der Waals surface area (Å²) >= 11 is 0. The molecule has 0 aliphatic carbocycles. The standard InChI is InChI=1S/C11H21NO/c1-7-9(4)11(8(2)3)13-10(5)12-6/h8H,7H2,1-6H3/b11-9-,12-10?. The lowest BCUT2D eigenvalue weighted by atomic mass is 10.1. The molecule has 2 heteroatoms. The van der Waals surface area contributed by atoms with Gasteiger partial charge >= 0.3 is 0 Å². The fourth-order valence-corrected chi connectivity index (χ4v) is 1.08. The zero-order valence-electron chi connectivity index (χ0n) is 9.64. The second kappa shape index (κ2) is 5.79. The van der Waals surface area contributed by atoms with E-state index < -0.39 is 0 Å². The van der Waals surface area contributed by atoms with Gasteiger partial charge in [0.1, 0.15) is 5.76 Å². The number of aliphatic imine (C=N–C) groups is 1. The maximum atomic E-state index is 5.64. The van der Waals surface area contributed by atoms with Crippen molar-refractivity contribution in [2.75, 3.05) is 7.05 Å². The highest BCUT2D eigenvalue weighted by Gasteiger charge is 2.09. The lowest BCUT2D eigenvalue weighted by molar-refractivity contribution is 0.346. The van der Waals surface area contributed by atoms with Crippen LogP contribution in [0, 0.1) is 5.92 Å². The summed E-state index contributed by atoms with van der Waals surface area (Å²) < 4.78 is 5.64. The Morgan fingerprint density at radius 1 is 1.31 bits per heavy atom. The largest absolute Gasteiger partial charge is 0.448 e. The Morgan fingerprint density at radius 2 is 1.85 bits per heavy atom. The fourth-order valence-electron chi connectivity index (χ4n) is 1.08. The van der Waals surface area contributed by atoms with Gasteiger partial charge in [-0.15, -0.1) is 0 Å². The average molecular weight is 183 g/mol. The Bertz CT molecular complexity index is 214. The van der Waals surface area contributed by atoms with Crippen LogP contribution in [0.25, 0.3) is 0 Å². The minimum absolute atomic E-state index is 0.427. The Balaban J connectivity index is 4.64. The summed E-state index contributed by atoms with van der Waals surface area (Å²) in [4.78, 5) is 3.99. The van der Waals surface area contributed by atoms with Crippen LogP contribution in [0.3, 0.4) is 0 Å². The molecule has 0 N–H and O–H groups in total. The van der Waals surface area contributed by atoms with Gasteiger partial charge in [-0.05, 0) is 18.9 Å². The van der Waals surface area contributed by atoms with Gasteiger partial charge in [0, 0.05) is 19.9 Å². The molecule has 0 aromatic rings. The van der Waals surface area contributed by atoms with E-state index in [1.54, 1.807) is 7.05 Å². The molecule has 0 aromatic heterocycles. The third-order valence-electron chi connectivity index (χ3n) is 2.05. The minimum atomic E-state index is 0.427. The first-order valence-corrected chi connectivity index (χ1v) is 4.83. The Morgan fingerprint density at radius 3 is 2.15 bits per heavy atom. The van der Waals surface area contributed by atoms with Crippen LogP contribution in [0.4, 0.5) is 0 Å². The quantitative estimate of drug-likeness (QED) is 0.373.